The molecule has 3 rings (SSSR count). The topological polar surface area (TPSA) is 76.2 Å². The van der Waals surface area contributed by atoms with Gasteiger partial charge in [0.2, 0.25) is 17.7 Å². The number of hydrogen-bond donors (Lipinski definition) is 1. The van der Waals surface area contributed by atoms with Crippen LogP contribution in [0.1, 0.15) is 38.7 Å². The Bertz CT molecular complexity index is 816. The first-order valence-corrected chi connectivity index (χ1v) is 12.3. The molecule has 1 unspecified atom stereocenters. The molecule has 0 aromatic heterocycles. The number of hydrogen-bond acceptors (Lipinski definition) is 5. The fraction of sp³-hybridized carbons (Fsp3) is 0.640. The summed E-state index contributed by atoms with van der Waals surface area (Å²) < 4.78 is 0. The number of benzene rings is 1. The Morgan fingerprint density at radius 2 is 1.67 bits per heavy atom. The lowest BCUT2D eigenvalue weighted by atomic mass is 10.1. The molecule has 1 N–H and O–H groups in total. The number of nitrogens with one attached hydrogen (secondary N) is 1. The van der Waals surface area contributed by atoms with E-state index in [0.717, 1.165) is 69.8 Å². The Morgan fingerprint density at radius 3 is 2.33 bits per heavy atom. The minimum atomic E-state index is -0.300. The molecule has 0 spiro atoms. The molecule has 2 aliphatic heterocycles. The number of rotatable bonds is 8. The maximum atomic E-state index is 12.9. The summed E-state index contributed by atoms with van der Waals surface area (Å²) in [6.45, 7) is 9.23. The third-order valence-electron chi connectivity index (χ3n) is 6.81. The van der Waals surface area contributed by atoms with Gasteiger partial charge in [0.1, 0.15) is 0 Å². The van der Waals surface area contributed by atoms with Crippen LogP contribution in [0.5, 0.6) is 0 Å². The van der Waals surface area contributed by atoms with Crippen molar-refractivity contribution in [2.45, 2.75) is 45.6 Å². The molecule has 33 heavy (non-hydrogen) atoms. The molecule has 1 atom stereocenters. The molecule has 2 aliphatic rings. The van der Waals surface area contributed by atoms with Crippen LogP contribution in [0.25, 0.3) is 0 Å². The van der Waals surface area contributed by atoms with Crippen LogP contribution in [-0.2, 0) is 20.8 Å². The number of carbonyl (C=O) groups excluding carboxylic acids is 3. The molecule has 1 aromatic carbocycles. The maximum Gasteiger partial charge on any atom is 0.243 e. The van der Waals surface area contributed by atoms with Crippen LogP contribution in [0.4, 0.5) is 5.69 Å². The zero-order valence-corrected chi connectivity index (χ0v) is 20.4. The average molecular weight is 458 g/mol. The van der Waals surface area contributed by atoms with Crippen molar-refractivity contribution in [1.29, 1.82) is 0 Å². The van der Waals surface area contributed by atoms with Crippen LogP contribution in [0.15, 0.2) is 24.3 Å². The summed E-state index contributed by atoms with van der Waals surface area (Å²) in [5.41, 5.74) is 1.87. The number of likely N-dealkylation sites (N-methyl/N-ethyl adjacent to an activating group) is 1. The molecule has 0 radical (unpaired) electrons. The van der Waals surface area contributed by atoms with E-state index < -0.39 is 0 Å². The van der Waals surface area contributed by atoms with Crippen molar-refractivity contribution in [2.75, 3.05) is 64.7 Å². The van der Waals surface area contributed by atoms with E-state index >= 15 is 0 Å². The van der Waals surface area contributed by atoms with Gasteiger partial charge in [-0.05, 0) is 44.2 Å². The monoisotopic (exact) mass is 457 g/mol. The van der Waals surface area contributed by atoms with Gasteiger partial charge < -0.3 is 15.1 Å². The standard InChI is InChI=1S/C25H39N5O3/c1-4-21-10-6-7-11-22(21)26-23(31)18-27(3)25(33)20(2)29-16-14-28(15-17-29)19-24(32)30-12-8-5-9-13-30/h6-7,10-11,20H,4-5,8-9,12-19H2,1-3H3,(H,26,31). The van der Waals surface area contributed by atoms with Gasteiger partial charge in [0.25, 0.3) is 0 Å². The number of piperazine rings is 1. The molecule has 3 amide bonds. The first-order chi connectivity index (χ1) is 15.9. The number of likely N-dealkylation sites (tertiary alicyclic amines) is 1. The molecule has 2 heterocycles. The highest BCUT2D eigenvalue weighted by atomic mass is 16.2. The van der Waals surface area contributed by atoms with Crippen LogP contribution in [0.2, 0.25) is 0 Å². The molecule has 0 aliphatic carbocycles. The fourth-order valence-corrected chi connectivity index (χ4v) is 4.65. The second-order valence-electron chi connectivity index (χ2n) is 9.18. The van der Waals surface area contributed by atoms with Gasteiger partial charge in [0.05, 0.1) is 19.1 Å². The number of nitrogens with zero attached hydrogens (tertiary/aromatic N) is 4. The number of carbonyl (C=O) groups is 3. The lowest BCUT2D eigenvalue weighted by Crippen LogP contribution is -2.56. The minimum absolute atomic E-state index is 0.0194. The van der Waals surface area contributed by atoms with E-state index in [1.54, 1.807) is 7.05 Å². The highest BCUT2D eigenvalue weighted by molar-refractivity contribution is 5.95. The van der Waals surface area contributed by atoms with E-state index in [0.29, 0.717) is 6.54 Å². The number of amides is 3. The van der Waals surface area contributed by atoms with E-state index in [4.69, 9.17) is 0 Å². The molecule has 2 fully saturated rings. The number of para-hydroxylation sites is 1. The number of piperidine rings is 1. The Balaban J connectivity index is 1.43. The number of anilines is 1. The Hall–Kier alpha value is -2.45. The molecule has 8 nitrogen and oxygen atoms in total. The van der Waals surface area contributed by atoms with Crippen LogP contribution >= 0.6 is 0 Å². The van der Waals surface area contributed by atoms with E-state index in [2.05, 4.69) is 15.1 Å². The first kappa shape index (κ1) is 25.2. The third-order valence-corrected chi connectivity index (χ3v) is 6.81. The van der Waals surface area contributed by atoms with Crippen LogP contribution < -0.4 is 5.32 Å². The van der Waals surface area contributed by atoms with Crippen molar-refractivity contribution in [1.82, 2.24) is 19.6 Å². The Morgan fingerprint density at radius 1 is 1.00 bits per heavy atom. The summed E-state index contributed by atoms with van der Waals surface area (Å²) in [5, 5.41) is 2.93. The van der Waals surface area contributed by atoms with Gasteiger partial charge in [0, 0.05) is 52.0 Å². The van der Waals surface area contributed by atoms with Crippen LogP contribution in [0, 0.1) is 0 Å². The van der Waals surface area contributed by atoms with Crippen molar-refractivity contribution in [3.63, 3.8) is 0 Å². The van der Waals surface area contributed by atoms with E-state index in [1.807, 2.05) is 43.0 Å². The predicted molar refractivity (Wildman–Crippen MR) is 130 cm³/mol. The molecule has 182 valence electrons. The molecular weight excluding hydrogens is 418 g/mol. The van der Waals surface area contributed by atoms with Gasteiger partial charge in [-0.2, -0.15) is 0 Å². The second kappa shape index (κ2) is 12.1. The highest BCUT2D eigenvalue weighted by Crippen LogP contribution is 2.16. The minimum Gasteiger partial charge on any atom is -0.342 e. The quantitative estimate of drug-likeness (QED) is 0.643. The molecule has 8 heteroatoms. The van der Waals surface area contributed by atoms with Crippen molar-refractivity contribution in [3.05, 3.63) is 29.8 Å². The average Bonchev–Trinajstić information content (AvgIpc) is 2.84. The Labute approximate surface area is 197 Å². The van der Waals surface area contributed by atoms with E-state index in [-0.39, 0.29) is 30.3 Å². The largest absolute Gasteiger partial charge is 0.342 e. The lowest BCUT2D eigenvalue weighted by molar-refractivity contribution is -0.139. The molecule has 0 bridgehead atoms. The summed E-state index contributed by atoms with van der Waals surface area (Å²) >= 11 is 0. The summed E-state index contributed by atoms with van der Waals surface area (Å²) in [6.07, 6.45) is 4.26. The maximum absolute atomic E-state index is 12.9. The Kier molecular flexibility index (Phi) is 9.26. The van der Waals surface area contributed by atoms with Gasteiger partial charge in [0.15, 0.2) is 0 Å². The van der Waals surface area contributed by atoms with Gasteiger partial charge >= 0.3 is 0 Å². The molecular formula is C25H39N5O3. The summed E-state index contributed by atoms with van der Waals surface area (Å²) in [6, 6.07) is 7.43. The van der Waals surface area contributed by atoms with Crippen molar-refractivity contribution in [3.8, 4) is 0 Å². The van der Waals surface area contributed by atoms with Gasteiger partial charge in [-0.3, -0.25) is 24.2 Å². The molecule has 2 saturated heterocycles. The smallest absolute Gasteiger partial charge is 0.243 e. The van der Waals surface area contributed by atoms with E-state index in [9.17, 15) is 14.4 Å². The van der Waals surface area contributed by atoms with Crippen LogP contribution in [-0.4, -0.2) is 103 Å². The first-order valence-electron chi connectivity index (χ1n) is 12.3. The van der Waals surface area contributed by atoms with Crippen LogP contribution in [0.3, 0.4) is 0 Å². The van der Waals surface area contributed by atoms with Gasteiger partial charge in [-0.1, -0.05) is 25.1 Å². The van der Waals surface area contributed by atoms with Gasteiger partial charge in [-0.25, -0.2) is 0 Å². The zero-order chi connectivity index (χ0) is 23.8. The fourth-order valence-electron chi connectivity index (χ4n) is 4.65. The summed E-state index contributed by atoms with van der Waals surface area (Å²) in [7, 11) is 1.68. The van der Waals surface area contributed by atoms with Crippen molar-refractivity contribution >= 4 is 23.4 Å². The zero-order valence-electron chi connectivity index (χ0n) is 20.4. The molecule has 1 aromatic rings. The highest BCUT2D eigenvalue weighted by Gasteiger charge is 2.29. The summed E-state index contributed by atoms with van der Waals surface area (Å²) in [4.78, 5) is 45.8. The SMILES string of the molecule is CCc1ccccc1NC(=O)CN(C)C(=O)C(C)N1CCN(CC(=O)N2CCCCC2)CC1. The van der Waals surface area contributed by atoms with E-state index in [1.165, 1.54) is 11.3 Å². The van der Waals surface area contributed by atoms with Crippen molar-refractivity contribution in [2.24, 2.45) is 0 Å². The van der Waals surface area contributed by atoms with Crippen molar-refractivity contribution < 1.29 is 14.4 Å². The lowest BCUT2D eigenvalue weighted by Gasteiger charge is -2.39. The normalized spacial score (nSPS) is 18.6. The predicted octanol–water partition coefficient (Wildman–Crippen LogP) is 1.66. The second-order valence-corrected chi connectivity index (χ2v) is 9.18. The number of aryl methyl sites for hydroxylation is 1. The third kappa shape index (κ3) is 7.01. The molecule has 0 saturated carbocycles. The summed E-state index contributed by atoms with van der Waals surface area (Å²) in [5.74, 6) is -0.0329. The van der Waals surface area contributed by atoms with Gasteiger partial charge in [-0.15, -0.1) is 0 Å².